The van der Waals surface area contributed by atoms with E-state index in [0.717, 1.165) is 36.7 Å². The van der Waals surface area contributed by atoms with Crippen molar-refractivity contribution in [3.8, 4) is 0 Å². The molecule has 0 aliphatic rings. The summed E-state index contributed by atoms with van der Waals surface area (Å²) in [6, 6.07) is 0.359. The van der Waals surface area contributed by atoms with Gasteiger partial charge in [0, 0.05) is 12.5 Å². The van der Waals surface area contributed by atoms with Crippen LogP contribution in [0.3, 0.4) is 0 Å². The van der Waals surface area contributed by atoms with Crippen molar-refractivity contribution in [1.82, 2.24) is 14.8 Å². The predicted molar refractivity (Wildman–Crippen MR) is 72.0 cm³/mol. The van der Waals surface area contributed by atoms with Crippen molar-refractivity contribution in [2.24, 2.45) is 0 Å². The number of carbonyl (C=O) groups is 1. The molecule has 1 aromatic rings. The van der Waals surface area contributed by atoms with Crippen LogP contribution >= 0.6 is 11.8 Å². The number of carboxylic acids is 1. The molecule has 0 amide bonds. The molecule has 0 radical (unpaired) electrons. The lowest BCUT2D eigenvalue weighted by Gasteiger charge is -2.18. The van der Waals surface area contributed by atoms with Crippen molar-refractivity contribution in [2.75, 3.05) is 5.75 Å². The highest BCUT2D eigenvalue weighted by atomic mass is 32.2. The predicted octanol–water partition coefficient (Wildman–Crippen LogP) is 2.77. The molecule has 0 atom stereocenters. The van der Waals surface area contributed by atoms with Crippen LogP contribution in [0.15, 0.2) is 5.16 Å². The SMILES string of the molecule is CCCc1nnc(SCC(=O)O)n1C(CC)CC. The van der Waals surface area contributed by atoms with Gasteiger partial charge in [0.2, 0.25) is 0 Å². The van der Waals surface area contributed by atoms with Gasteiger partial charge in [-0.15, -0.1) is 10.2 Å². The van der Waals surface area contributed by atoms with Crippen molar-refractivity contribution >= 4 is 17.7 Å². The molecule has 102 valence electrons. The molecule has 0 bridgehead atoms. The summed E-state index contributed by atoms with van der Waals surface area (Å²) in [5, 5.41) is 17.8. The van der Waals surface area contributed by atoms with Gasteiger partial charge in [0.25, 0.3) is 0 Å². The fourth-order valence-corrected chi connectivity index (χ4v) is 2.69. The van der Waals surface area contributed by atoms with Gasteiger partial charge in [-0.1, -0.05) is 32.5 Å². The second-order valence-electron chi connectivity index (χ2n) is 4.17. The van der Waals surface area contributed by atoms with Crippen LogP contribution in [0.1, 0.15) is 51.9 Å². The van der Waals surface area contributed by atoms with Gasteiger partial charge in [0.1, 0.15) is 5.82 Å². The summed E-state index contributed by atoms with van der Waals surface area (Å²) >= 11 is 1.25. The third-order valence-corrected chi connectivity index (χ3v) is 3.77. The second-order valence-corrected chi connectivity index (χ2v) is 5.11. The number of hydrogen-bond acceptors (Lipinski definition) is 4. The topological polar surface area (TPSA) is 68.0 Å². The summed E-state index contributed by atoms with van der Waals surface area (Å²) < 4.78 is 2.12. The smallest absolute Gasteiger partial charge is 0.313 e. The first-order valence-corrected chi connectivity index (χ1v) is 7.40. The molecule has 6 heteroatoms. The van der Waals surface area contributed by atoms with E-state index in [1.54, 1.807) is 0 Å². The van der Waals surface area contributed by atoms with Gasteiger partial charge in [-0.25, -0.2) is 0 Å². The maximum atomic E-state index is 10.6. The molecule has 18 heavy (non-hydrogen) atoms. The summed E-state index contributed by atoms with van der Waals surface area (Å²) in [6.07, 6.45) is 3.91. The lowest BCUT2D eigenvalue weighted by atomic mass is 10.1. The molecule has 0 unspecified atom stereocenters. The Morgan fingerprint density at radius 1 is 1.33 bits per heavy atom. The van der Waals surface area contributed by atoms with Gasteiger partial charge in [-0.2, -0.15) is 0 Å². The molecular formula is C12H21N3O2S. The third kappa shape index (κ3) is 3.73. The summed E-state index contributed by atoms with van der Waals surface area (Å²) in [4.78, 5) is 10.6. The lowest BCUT2D eigenvalue weighted by molar-refractivity contribution is -0.133. The van der Waals surface area contributed by atoms with E-state index >= 15 is 0 Å². The minimum absolute atomic E-state index is 0.0321. The molecule has 0 aliphatic carbocycles. The maximum absolute atomic E-state index is 10.6. The normalized spacial score (nSPS) is 11.1. The molecule has 0 saturated carbocycles. The van der Waals surface area contributed by atoms with E-state index in [1.807, 2.05) is 0 Å². The minimum Gasteiger partial charge on any atom is -0.481 e. The number of thioether (sulfide) groups is 1. The fraction of sp³-hybridized carbons (Fsp3) is 0.750. The van der Waals surface area contributed by atoms with Gasteiger partial charge in [-0.05, 0) is 19.3 Å². The van der Waals surface area contributed by atoms with Crippen molar-refractivity contribution in [3.05, 3.63) is 5.82 Å². The highest BCUT2D eigenvalue weighted by molar-refractivity contribution is 7.99. The first kappa shape index (κ1) is 15.0. The first-order chi connectivity index (χ1) is 8.63. The summed E-state index contributed by atoms with van der Waals surface area (Å²) in [7, 11) is 0. The van der Waals surface area contributed by atoms with Crippen molar-refractivity contribution in [3.63, 3.8) is 0 Å². The zero-order chi connectivity index (χ0) is 13.5. The first-order valence-electron chi connectivity index (χ1n) is 6.42. The number of aromatic nitrogens is 3. The third-order valence-electron chi connectivity index (χ3n) is 2.84. The van der Waals surface area contributed by atoms with Crippen LogP contribution < -0.4 is 0 Å². The summed E-state index contributed by atoms with van der Waals surface area (Å²) in [5.41, 5.74) is 0. The summed E-state index contributed by atoms with van der Waals surface area (Å²) in [6.45, 7) is 6.38. The molecule has 0 aromatic carbocycles. The van der Waals surface area contributed by atoms with Crippen molar-refractivity contribution < 1.29 is 9.90 Å². The van der Waals surface area contributed by atoms with Crippen LogP contribution in [0.25, 0.3) is 0 Å². The van der Waals surface area contributed by atoms with E-state index < -0.39 is 5.97 Å². The Labute approximate surface area is 112 Å². The van der Waals surface area contributed by atoms with Crippen LogP contribution in [-0.4, -0.2) is 31.6 Å². The Kier molecular flexibility index (Phi) is 6.18. The second kappa shape index (κ2) is 7.41. The average molecular weight is 271 g/mol. The highest BCUT2D eigenvalue weighted by Gasteiger charge is 2.18. The Morgan fingerprint density at radius 3 is 2.50 bits per heavy atom. The number of hydrogen-bond donors (Lipinski definition) is 1. The number of aryl methyl sites for hydroxylation is 1. The molecule has 0 saturated heterocycles. The minimum atomic E-state index is -0.823. The molecule has 1 N–H and O–H groups in total. The monoisotopic (exact) mass is 271 g/mol. The van der Waals surface area contributed by atoms with Gasteiger partial charge < -0.3 is 9.67 Å². The van der Waals surface area contributed by atoms with Crippen LogP contribution in [-0.2, 0) is 11.2 Å². The Hall–Kier alpha value is -1.04. The highest BCUT2D eigenvalue weighted by Crippen LogP contribution is 2.26. The zero-order valence-electron chi connectivity index (χ0n) is 11.2. The molecule has 0 spiro atoms. The molecule has 1 aromatic heterocycles. The number of aliphatic carboxylic acids is 1. The lowest BCUT2D eigenvalue weighted by Crippen LogP contribution is -2.13. The van der Waals surface area contributed by atoms with Crippen molar-refractivity contribution in [2.45, 2.75) is 57.7 Å². The van der Waals surface area contributed by atoms with Gasteiger partial charge >= 0.3 is 5.97 Å². The quantitative estimate of drug-likeness (QED) is 0.736. The largest absolute Gasteiger partial charge is 0.481 e. The van der Waals surface area contributed by atoms with E-state index in [9.17, 15) is 4.79 Å². The van der Waals surface area contributed by atoms with E-state index in [1.165, 1.54) is 11.8 Å². The Bertz CT molecular complexity index is 389. The average Bonchev–Trinajstić information content (AvgIpc) is 2.73. The van der Waals surface area contributed by atoms with Gasteiger partial charge in [0.05, 0.1) is 5.75 Å². The molecule has 0 aliphatic heterocycles. The fourth-order valence-electron chi connectivity index (χ4n) is 1.95. The molecule has 1 heterocycles. The summed E-state index contributed by atoms with van der Waals surface area (Å²) in [5.74, 6) is 0.181. The van der Waals surface area contributed by atoms with E-state index in [-0.39, 0.29) is 5.75 Å². The Balaban J connectivity index is 2.97. The van der Waals surface area contributed by atoms with Crippen LogP contribution in [0.4, 0.5) is 0 Å². The van der Waals surface area contributed by atoms with Crippen LogP contribution in [0.2, 0.25) is 0 Å². The Morgan fingerprint density at radius 2 is 2.00 bits per heavy atom. The van der Waals surface area contributed by atoms with Crippen LogP contribution in [0.5, 0.6) is 0 Å². The molecule has 1 rings (SSSR count). The zero-order valence-corrected chi connectivity index (χ0v) is 12.0. The standard InChI is InChI=1S/C12H21N3O2S/c1-4-7-10-13-14-12(18-8-11(16)17)15(10)9(5-2)6-3/h9H,4-8H2,1-3H3,(H,16,17). The number of rotatable bonds is 8. The number of carboxylic acid groups (broad SMARTS) is 1. The van der Waals surface area contributed by atoms with E-state index in [0.29, 0.717) is 6.04 Å². The molecular weight excluding hydrogens is 250 g/mol. The molecule has 5 nitrogen and oxygen atoms in total. The van der Waals surface area contributed by atoms with E-state index in [2.05, 4.69) is 35.5 Å². The van der Waals surface area contributed by atoms with Gasteiger partial charge in [0.15, 0.2) is 5.16 Å². The van der Waals surface area contributed by atoms with E-state index in [4.69, 9.17) is 5.11 Å². The number of nitrogens with zero attached hydrogens (tertiary/aromatic N) is 3. The maximum Gasteiger partial charge on any atom is 0.313 e. The van der Waals surface area contributed by atoms with Crippen LogP contribution in [0, 0.1) is 0 Å². The van der Waals surface area contributed by atoms with Crippen molar-refractivity contribution in [1.29, 1.82) is 0 Å². The van der Waals surface area contributed by atoms with Gasteiger partial charge in [-0.3, -0.25) is 4.79 Å². The molecule has 0 fully saturated rings.